The lowest BCUT2D eigenvalue weighted by Crippen LogP contribution is -2.58. The van der Waals surface area contributed by atoms with Gasteiger partial charge in [0.25, 0.3) is 0 Å². The van der Waals surface area contributed by atoms with Gasteiger partial charge in [-0.05, 0) is 37.5 Å². The molecule has 1 nitrogen and oxygen atoms in total. The largest absolute Gasteiger partial charge is 0.488 e. The quantitative estimate of drug-likeness (QED) is 0.668. The van der Waals surface area contributed by atoms with E-state index < -0.39 is 0 Å². The molecular formula is C16H20Cl2O. The maximum absolute atomic E-state index is 6.50. The molecule has 0 amide bonds. The van der Waals surface area contributed by atoms with Crippen LogP contribution in [0.4, 0.5) is 0 Å². The van der Waals surface area contributed by atoms with Crippen molar-refractivity contribution in [3.63, 3.8) is 0 Å². The maximum Gasteiger partial charge on any atom is 0.138 e. The number of alkyl halides is 1. The van der Waals surface area contributed by atoms with Gasteiger partial charge in [-0.2, -0.15) is 0 Å². The second-order valence-corrected chi connectivity index (χ2v) is 6.97. The number of ether oxygens (including phenoxy) is 1. The van der Waals surface area contributed by atoms with Crippen molar-refractivity contribution < 1.29 is 4.74 Å². The van der Waals surface area contributed by atoms with E-state index in [0.717, 1.165) is 12.2 Å². The van der Waals surface area contributed by atoms with Gasteiger partial charge < -0.3 is 4.74 Å². The molecule has 3 heteroatoms. The number of rotatable bonds is 2. The van der Waals surface area contributed by atoms with Crippen molar-refractivity contribution in [2.45, 2.75) is 56.9 Å². The molecule has 2 aliphatic rings. The van der Waals surface area contributed by atoms with E-state index in [0.29, 0.717) is 5.02 Å². The fourth-order valence-electron chi connectivity index (χ4n) is 3.56. The third kappa shape index (κ3) is 2.36. The van der Waals surface area contributed by atoms with Crippen LogP contribution in [0.15, 0.2) is 18.2 Å². The van der Waals surface area contributed by atoms with Gasteiger partial charge in [0.1, 0.15) is 11.9 Å². The Bertz CT molecular complexity index is 466. The highest BCUT2D eigenvalue weighted by Crippen LogP contribution is 2.56. The molecule has 1 aromatic carbocycles. The fourth-order valence-corrected chi connectivity index (χ4v) is 4.25. The zero-order chi connectivity index (χ0) is 13.5. The van der Waals surface area contributed by atoms with Crippen molar-refractivity contribution >= 4 is 23.2 Å². The maximum atomic E-state index is 6.50. The lowest BCUT2D eigenvalue weighted by molar-refractivity contribution is -0.0650. The Morgan fingerprint density at radius 1 is 1.21 bits per heavy atom. The Morgan fingerprint density at radius 3 is 2.63 bits per heavy atom. The molecule has 2 saturated carbocycles. The summed E-state index contributed by atoms with van der Waals surface area (Å²) in [6.45, 7) is 2.06. The van der Waals surface area contributed by atoms with Gasteiger partial charge in [-0.15, -0.1) is 11.6 Å². The first-order valence-corrected chi connectivity index (χ1v) is 8.00. The fraction of sp³-hybridized carbons (Fsp3) is 0.625. The van der Waals surface area contributed by atoms with Crippen molar-refractivity contribution in [2.24, 2.45) is 5.41 Å². The monoisotopic (exact) mass is 298 g/mol. The molecule has 0 aliphatic heterocycles. The third-order valence-electron chi connectivity index (χ3n) is 4.83. The van der Waals surface area contributed by atoms with Crippen LogP contribution in [0.2, 0.25) is 5.02 Å². The van der Waals surface area contributed by atoms with E-state index in [4.69, 9.17) is 27.9 Å². The summed E-state index contributed by atoms with van der Waals surface area (Å²) in [6.07, 6.45) is 7.50. The molecule has 1 aromatic rings. The zero-order valence-electron chi connectivity index (χ0n) is 11.3. The number of hydrogen-bond donors (Lipinski definition) is 0. The van der Waals surface area contributed by atoms with Gasteiger partial charge in [0.05, 0.1) is 5.02 Å². The minimum absolute atomic E-state index is 0.201. The predicted octanol–water partition coefficient (Wildman–Crippen LogP) is 5.36. The molecule has 104 valence electrons. The molecule has 0 heterocycles. The van der Waals surface area contributed by atoms with Crippen LogP contribution < -0.4 is 4.74 Å². The van der Waals surface area contributed by atoms with Crippen LogP contribution >= 0.6 is 23.2 Å². The van der Waals surface area contributed by atoms with E-state index in [9.17, 15) is 0 Å². The van der Waals surface area contributed by atoms with Gasteiger partial charge in [-0.3, -0.25) is 0 Å². The molecule has 0 bridgehead atoms. The van der Waals surface area contributed by atoms with E-state index >= 15 is 0 Å². The van der Waals surface area contributed by atoms with Crippen LogP contribution in [-0.2, 0) is 0 Å². The van der Waals surface area contributed by atoms with Crippen LogP contribution in [-0.4, -0.2) is 11.5 Å². The lowest BCUT2D eigenvalue weighted by Gasteiger charge is -2.55. The molecule has 0 N–H and O–H groups in total. The number of aryl methyl sites for hydroxylation is 1. The highest BCUT2D eigenvalue weighted by molar-refractivity contribution is 6.32. The average Bonchev–Trinajstić information content (AvgIpc) is 2.43. The van der Waals surface area contributed by atoms with Gasteiger partial charge in [0.2, 0.25) is 0 Å². The minimum Gasteiger partial charge on any atom is -0.488 e. The zero-order valence-corrected chi connectivity index (χ0v) is 12.8. The molecule has 2 fully saturated rings. The van der Waals surface area contributed by atoms with Crippen LogP contribution in [0.5, 0.6) is 5.75 Å². The van der Waals surface area contributed by atoms with E-state index in [1.54, 1.807) is 0 Å². The minimum atomic E-state index is 0.201. The summed E-state index contributed by atoms with van der Waals surface area (Å²) in [5, 5.41) is 0.982. The number of benzene rings is 1. The predicted molar refractivity (Wildman–Crippen MR) is 80.4 cm³/mol. The molecule has 1 spiro atoms. The summed E-state index contributed by atoms with van der Waals surface area (Å²) < 4.78 is 6.21. The summed E-state index contributed by atoms with van der Waals surface area (Å²) in [5.41, 5.74) is 1.38. The van der Waals surface area contributed by atoms with Crippen LogP contribution in [0.1, 0.15) is 44.1 Å². The van der Waals surface area contributed by atoms with Crippen molar-refractivity contribution in [1.82, 2.24) is 0 Å². The second kappa shape index (κ2) is 5.18. The van der Waals surface area contributed by atoms with E-state index in [2.05, 4.69) is 6.92 Å². The number of halogens is 2. The molecule has 2 atom stereocenters. The molecule has 0 aromatic heterocycles. The summed E-state index contributed by atoms with van der Waals surface area (Å²) in [6, 6.07) is 5.95. The molecular weight excluding hydrogens is 279 g/mol. The van der Waals surface area contributed by atoms with Gasteiger partial charge in [-0.1, -0.05) is 36.9 Å². The Morgan fingerprint density at radius 2 is 1.95 bits per heavy atom. The Labute approximate surface area is 125 Å². The first-order chi connectivity index (χ1) is 9.12. The first kappa shape index (κ1) is 13.6. The second-order valence-electron chi connectivity index (χ2n) is 6.04. The van der Waals surface area contributed by atoms with Gasteiger partial charge in [-0.25, -0.2) is 0 Å². The van der Waals surface area contributed by atoms with E-state index in [-0.39, 0.29) is 16.9 Å². The van der Waals surface area contributed by atoms with Crippen molar-refractivity contribution in [1.29, 1.82) is 0 Å². The highest BCUT2D eigenvalue weighted by atomic mass is 35.5. The lowest BCUT2D eigenvalue weighted by atomic mass is 9.58. The third-order valence-corrected chi connectivity index (χ3v) is 5.75. The molecule has 19 heavy (non-hydrogen) atoms. The average molecular weight is 299 g/mol. The van der Waals surface area contributed by atoms with Crippen molar-refractivity contribution in [3.8, 4) is 5.75 Å². The van der Waals surface area contributed by atoms with E-state index in [1.165, 1.54) is 37.7 Å². The summed E-state index contributed by atoms with van der Waals surface area (Å²) >= 11 is 12.7. The standard InChI is InChI=1S/C16H20Cl2O/c1-11-5-6-12(17)13(9-11)19-15-10-14(18)16(15)7-3-2-4-8-16/h5-6,9,14-15H,2-4,7-8,10H2,1H3. The SMILES string of the molecule is Cc1ccc(Cl)c(OC2CC(Cl)C23CCCCC3)c1. The van der Waals surface area contributed by atoms with Crippen molar-refractivity contribution in [3.05, 3.63) is 28.8 Å². The number of hydrogen-bond acceptors (Lipinski definition) is 1. The summed E-state index contributed by atoms with van der Waals surface area (Å²) in [7, 11) is 0. The van der Waals surface area contributed by atoms with Gasteiger partial charge in [0, 0.05) is 17.2 Å². The van der Waals surface area contributed by atoms with Gasteiger partial charge >= 0.3 is 0 Å². The molecule has 3 rings (SSSR count). The molecule has 2 unspecified atom stereocenters. The van der Waals surface area contributed by atoms with Crippen LogP contribution in [0, 0.1) is 12.3 Å². The normalized spacial score (nSPS) is 29.0. The molecule has 0 saturated heterocycles. The van der Waals surface area contributed by atoms with Gasteiger partial charge in [0.15, 0.2) is 0 Å². The summed E-state index contributed by atoms with van der Waals surface area (Å²) in [5.74, 6) is 0.820. The molecule has 0 radical (unpaired) electrons. The first-order valence-electron chi connectivity index (χ1n) is 7.19. The molecule has 2 aliphatic carbocycles. The van der Waals surface area contributed by atoms with Crippen molar-refractivity contribution in [2.75, 3.05) is 0 Å². The van der Waals surface area contributed by atoms with E-state index in [1.807, 2.05) is 18.2 Å². The summed E-state index contributed by atoms with van der Waals surface area (Å²) in [4.78, 5) is 0. The Balaban J connectivity index is 1.78. The Kier molecular flexibility index (Phi) is 3.70. The van der Waals surface area contributed by atoms with Crippen LogP contribution in [0.3, 0.4) is 0 Å². The van der Waals surface area contributed by atoms with Crippen LogP contribution in [0.25, 0.3) is 0 Å². The Hall–Kier alpha value is -0.400. The topological polar surface area (TPSA) is 9.23 Å². The highest BCUT2D eigenvalue weighted by Gasteiger charge is 2.55. The smallest absolute Gasteiger partial charge is 0.138 e.